The molecule has 0 saturated carbocycles. The number of hydrogen-bond donors (Lipinski definition) is 1. The molecule has 2 fully saturated rings. The predicted molar refractivity (Wildman–Crippen MR) is 118 cm³/mol. The van der Waals surface area contributed by atoms with Crippen LogP contribution in [0.2, 0.25) is 0 Å². The Morgan fingerprint density at radius 2 is 2.00 bits per heavy atom. The second-order valence-corrected chi connectivity index (χ2v) is 8.66. The second-order valence-electron chi connectivity index (χ2n) is 8.66. The van der Waals surface area contributed by atoms with E-state index in [-0.39, 0.29) is 23.3 Å². The lowest BCUT2D eigenvalue weighted by Gasteiger charge is -2.32. The summed E-state index contributed by atoms with van der Waals surface area (Å²) in [6.07, 6.45) is 5.95. The van der Waals surface area contributed by atoms with Crippen molar-refractivity contribution in [3.8, 4) is 0 Å². The number of carbonyl (C=O) groups is 2. The maximum Gasteiger partial charge on any atom is 0.259 e. The summed E-state index contributed by atoms with van der Waals surface area (Å²) < 4.78 is 0. The van der Waals surface area contributed by atoms with Crippen LogP contribution in [0.3, 0.4) is 0 Å². The highest BCUT2D eigenvalue weighted by Gasteiger charge is 2.25. The number of amides is 2. The zero-order valence-electron chi connectivity index (χ0n) is 18.3. The summed E-state index contributed by atoms with van der Waals surface area (Å²) in [7, 11) is 3.73. The molecular weight excluding hydrogens is 396 g/mol. The van der Waals surface area contributed by atoms with Crippen LogP contribution in [0.1, 0.15) is 50.1 Å². The van der Waals surface area contributed by atoms with Crippen molar-refractivity contribution in [1.29, 1.82) is 0 Å². The molecule has 2 aliphatic rings. The van der Waals surface area contributed by atoms with Crippen LogP contribution in [0.25, 0.3) is 10.9 Å². The van der Waals surface area contributed by atoms with Gasteiger partial charge in [0.2, 0.25) is 17.8 Å². The first kappa shape index (κ1) is 21.3. The number of likely N-dealkylation sites (tertiary alicyclic amines) is 2. The van der Waals surface area contributed by atoms with Crippen molar-refractivity contribution in [3.63, 3.8) is 0 Å². The number of pyridine rings is 1. The first-order valence-electron chi connectivity index (χ1n) is 11.0. The number of aromatic nitrogens is 3. The summed E-state index contributed by atoms with van der Waals surface area (Å²) in [6, 6.07) is 1.95. The van der Waals surface area contributed by atoms with Gasteiger partial charge < -0.3 is 19.7 Å². The molecule has 4 heterocycles. The first-order valence-corrected chi connectivity index (χ1v) is 11.0. The molecule has 0 aliphatic carbocycles. The summed E-state index contributed by atoms with van der Waals surface area (Å²) in [4.78, 5) is 54.1. The molecule has 0 spiro atoms. The number of piperidine rings is 1. The molecule has 31 heavy (non-hydrogen) atoms. The summed E-state index contributed by atoms with van der Waals surface area (Å²) in [6.45, 7) is 2.86. The van der Waals surface area contributed by atoms with Crippen LogP contribution >= 0.6 is 0 Å². The van der Waals surface area contributed by atoms with Gasteiger partial charge in [-0.05, 0) is 31.7 Å². The van der Waals surface area contributed by atoms with E-state index < -0.39 is 0 Å². The van der Waals surface area contributed by atoms with Gasteiger partial charge in [0.25, 0.3) is 5.56 Å². The number of hydrogen-bond acceptors (Lipinski definition) is 6. The molecule has 9 nitrogen and oxygen atoms in total. The summed E-state index contributed by atoms with van der Waals surface area (Å²) >= 11 is 0. The molecule has 0 unspecified atom stereocenters. The first-order chi connectivity index (χ1) is 14.9. The van der Waals surface area contributed by atoms with Gasteiger partial charge in [0.15, 0.2) is 0 Å². The molecule has 0 bridgehead atoms. The van der Waals surface area contributed by atoms with Crippen molar-refractivity contribution in [2.75, 3.05) is 45.2 Å². The van der Waals surface area contributed by atoms with E-state index in [0.717, 1.165) is 37.9 Å². The van der Waals surface area contributed by atoms with Crippen LogP contribution in [0.5, 0.6) is 0 Å². The maximum atomic E-state index is 12.6. The number of aromatic amines is 1. The fraction of sp³-hybridized carbons (Fsp3) is 0.591. The molecule has 0 aromatic carbocycles. The number of carbonyl (C=O) groups excluding carboxylic acids is 2. The highest BCUT2D eigenvalue weighted by atomic mass is 16.2. The summed E-state index contributed by atoms with van der Waals surface area (Å²) in [5.41, 5.74) is 1.35. The lowest BCUT2D eigenvalue weighted by atomic mass is 9.92. The van der Waals surface area contributed by atoms with Crippen LogP contribution < -0.4 is 10.5 Å². The SMILES string of the molecule is CN(C)c1ncc2c(=O)[nH]c(C3CCN(C(=O)CCCN4CCCC4=O)CC3)cc2n1. The Morgan fingerprint density at radius 3 is 2.68 bits per heavy atom. The van der Waals surface area contributed by atoms with Gasteiger partial charge in [-0.2, -0.15) is 0 Å². The Labute approximate surface area is 181 Å². The Kier molecular flexibility index (Phi) is 6.20. The van der Waals surface area contributed by atoms with E-state index in [1.54, 1.807) is 6.20 Å². The molecule has 2 aromatic rings. The van der Waals surface area contributed by atoms with Crippen molar-refractivity contribution in [3.05, 3.63) is 28.3 Å². The van der Waals surface area contributed by atoms with E-state index in [9.17, 15) is 14.4 Å². The molecular formula is C22H30N6O3. The Hall–Kier alpha value is -2.97. The van der Waals surface area contributed by atoms with Gasteiger partial charge in [-0.3, -0.25) is 14.4 Å². The van der Waals surface area contributed by atoms with Crippen LogP contribution in [-0.4, -0.2) is 76.8 Å². The molecule has 0 atom stereocenters. The Bertz CT molecular complexity index is 1030. The van der Waals surface area contributed by atoms with Crippen LogP contribution in [-0.2, 0) is 9.59 Å². The minimum Gasteiger partial charge on any atom is -0.347 e. The molecule has 166 valence electrons. The molecule has 2 aliphatic heterocycles. The molecule has 9 heteroatoms. The van der Waals surface area contributed by atoms with Crippen molar-refractivity contribution < 1.29 is 9.59 Å². The van der Waals surface area contributed by atoms with Crippen LogP contribution in [0, 0.1) is 0 Å². The standard InChI is InChI=1S/C22H30N6O3/c1-26(2)22-23-14-16-18(25-22)13-17(24-21(16)31)15-7-11-28(12-8-15)20(30)6-4-10-27-9-3-5-19(27)29/h13-15H,3-12H2,1-2H3,(H,24,31). The average Bonchev–Trinajstić information content (AvgIpc) is 3.18. The molecule has 1 N–H and O–H groups in total. The normalized spacial score (nSPS) is 17.5. The van der Waals surface area contributed by atoms with Crippen molar-refractivity contribution in [2.24, 2.45) is 0 Å². The molecule has 4 rings (SSSR count). The summed E-state index contributed by atoms with van der Waals surface area (Å²) in [5, 5.41) is 0.485. The molecule has 2 amide bonds. The van der Waals surface area contributed by atoms with E-state index in [0.29, 0.717) is 49.3 Å². The number of H-pyrrole nitrogens is 1. The zero-order chi connectivity index (χ0) is 22.0. The number of nitrogens with zero attached hydrogens (tertiary/aromatic N) is 5. The highest BCUT2D eigenvalue weighted by Crippen LogP contribution is 2.28. The number of anilines is 1. The molecule has 2 aromatic heterocycles. The minimum atomic E-state index is -0.173. The van der Waals surface area contributed by atoms with E-state index in [1.807, 2.05) is 34.9 Å². The predicted octanol–water partition coefficient (Wildman–Crippen LogP) is 1.49. The van der Waals surface area contributed by atoms with Crippen molar-refractivity contribution in [2.45, 2.75) is 44.4 Å². The van der Waals surface area contributed by atoms with Crippen molar-refractivity contribution >= 4 is 28.7 Å². The Morgan fingerprint density at radius 1 is 1.23 bits per heavy atom. The smallest absolute Gasteiger partial charge is 0.259 e. The second kappa shape index (κ2) is 9.03. The fourth-order valence-electron chi connectivity index (χ4n) is 4.45. The number of rotatable bonds is 6. The fourth-order valence-corrected chi connectivity index (χ4v) is 4.45. The zero-order valence-corrected chi connectivity index (χ0v) is 18.3. The maximum absolute atomic E-state index is 12.6. The van der Waals surface area contributed by atoms with Gasteiger partial charge in [-0.25, -0.2) is 9.97 Å². The third-order valence-corrected chi connectivity index (χ3v) is 6.28. The van der Waals surface area contributed by atoms with Gasteiger partial charge in [0.1, 0.15) is 0 Å². The Balaban J connectivity index is 1.34. The topological polar surface area (TPSA) is 103 Å². The third-order valence-electron chi connectivity index (χ3n) is 6.28. The van der Waals surface area contributed by atoms with Gasteiger partial charge in [0.05, 0.1) is 10.9 Å². The lowest BCUT2D eigenvalue weighted by Crippen LogP contribution is -2.38. The number of nitrogens with one attached hydrogen (secondary N) is 1. The van der Waals surface area contributed by atoms with Gasteiger partial charge >= 0.3 is 0 Å². The summed E-state index contributed by atoms with van der Waals surface area (Å²) in [5.74, 6) is 1.13. The van der Waals surface area contributed by atoms with Gasteiger partial charge in [-0.1, -0.05) is 0 Å². The van der Waals surface area contributed by atoms with E-state index in [2.05, 4.69) is 15.0 Å². The third kappa shape index (κ3) is 4.70. The van der Waals surface area contributed by atoms with E-state index in [1.165, 1.54) is 0 Å². The minimum absolute atomic E-state index is 0.153. The van der Waals surface area contributed by atoms with E-state index >= 15 is 0 Å². The molecule has 2 saturated heterocycles. The molecule has 0 radical (unpaired) electrons. The van der Waals surface area contributed by atoms with Crippen LogP contribution in [0.4, 0.5) is 5.95 Å². The lowest BCUT2D eigenvalue weighted by molar-refractivity contribution is -0.133. The highest BCUT2D eigenvalue weighted by molar-refractivity contribution is 5.79. The van der Waals surface area contributed by atoms with E-state index in [4.69, 9.17) is 0 Å². The monoisotopic (exact) mass is 426 g/mol. The van der Waals surface area contributed by atoms with Gasteiger partial charge in [-0.15, -0.1) is 0 Å². The van der Waals surface area contributed by atoms with Crippen LogP contribution in [0.15, 0.2) is 17.1 Å². The average molecular weight is 427 g/mol. The quantitative estimate of drug-likeness (QED) is 0.751. The number of fused-ring (bicyclic) bond motifs is 1. The van der Waals surface area contributed by atoms with Gasteiger partial charge in [0, 0.05) is 70.9 Å². The van der Waals surface area contributed by atoms with Crippen molar-refractivity contribution in [1.82, 2.24) is 24.8 Å². The largest absolute Gasteiger partial charge is 0.347 e.